The van der Waals surface area contributed by atoms with E-state index in [1.54, 1.807) is 0 Å². The van der Waals surface area contributed by atoms with Crippen LogP contribution in [0.2, 0.25) is 0 Å². The van der Waals surface area contributed by atoms with Crippen molar-refractivity contribution in [2.45, 2.75) is 304 Å². The van der Waals surface area contributed by atoms with E-state index < -0.39 is 11.9 Å². The molecule has 0 saturated heterocycles. The molecule has 3 N–H and O–H groups in total. The highest BCUT2D eigenvalue weighted by Crippen LogP contribution is 2.15. The molecule has 5 heteroatoms. The topological polar surface area (TPSA) is 86.6 Å². The van der Waals surface area contributed by atoms with Crippen LogP contribution in [-0.4, -0.2) is 35.2 Å². The smallest absolute Gasteiger partial charge is 0.303 e. The van der Waals surface area contributed by atoms with Gasteiger partial charge in [0.05, 0.1) is 0 Å². The molecule has 5 nitrogen and oxygen atoms in total. The van der Waals surface area contributed by atoms with Crippen LogP contribution in [0.1, 0.15) is 304 Å². The molecule has 0 amide bonds. The maximum atomic E-state index is 10.3. The minimum Gasteiger partial charge on any atom is -0.481 e. The van der Waals surface area contributed by atoms with E-state index in [1.165, 1.54) is 251 Å². The van der Waals surface area contributed by atoms with Gasteiger partial charge in [0.1, 0.15) is 0 Å². The Morgan fingerprint density at radius 2 is 0.429 bits per heavy atom. The molecule has 0 aliphatic rings. The molecule has 0 rings (SSSR count). The Morgan fingerprint density at radius 3 is 0.607 bits per heavy atom. The predicted molar refractivity (Wildman–Crippen MR) is 249 cm³/mol. The maximum absolute atomic E-state index is 10.3. The van der Waals surface area contributed by atoms with Crippen molar-refractivity contribution >= 4 is 11.9 Å². The summed E-state index contributed by atoms with van der Waals surface area (Å²) in [4.78, 5) is 20.6. The molecule has 0 fully saturated rings. The second kappa shape index (κ2) is 58.2. The lowest BCUT2D eigenvalue weighted by Gasteiger charge is -2.05. The molecule has 0 heterocycles. The summed E-state index contributed by atoms with van der Waals surface area (Å²) in [7, 11) is 0. The normalized spacial score (nSPS) is 10.9. The summed E-state index contributed by atoms with van der Waals surface area (Å²) in [5, 5.41) is 20.6. The molecule has 0 unspecified atom stereocenters. The first kappa shape index (κ1) is 59.2. The van der Waals surface area contributed by atoms with Gasteiger partial charge in [0.25, 0.3) is 0 Å². The largest absolute Gasteiger partial charge is 0.481 e. The summed E-state index contributed by atoms with van der Waals surface area (Å²) in [6, 6.07) is 0. The fraction of sp³-hybridized carbons (Fsp3) is 0.961. The first-order valence-electron chi connectivity index (χ1n) is 25.6. The second-order valence-electron chi connectivity index (χ2n) is 17.1. The van der Waals surface area contributed by atoms with Crippen molar-refractivity contribution in [2.75, 3.05) is 13.1 Å². The SMILES string of the molecule is CCCCCCCCCCCCCCCCC(=O)O.CCCCCCCCCCCCCCCCC(=O)O.CCCCCCCCCCNCCCCCCC. The number of hydrogen-bond acceptors (Lipinski definition) is 3. The lowest BCUT2D eigenvalue weighted by atomic mass is 10.0. The zero-order valence-electron chi connectivity index (χ0n) is 39.0. The maximum Gasteiger partial charge on any atom is 0.303 e. The van der Waals surface area contributed by atoms with Crippen molar-refractivity contribution in [2.24, 2.45) is 0 Å². The summed E-state index contributed by atoms with van der Waals surface area (Å²) < 4.78 is 0. The van der Waals surface area contributed by atoms with E-state index in [4.69, 9.17) is 10.2 Å². The van der Waals surface area contributed by atoms with Gasteiger partial charge in [-0.2, -0.15) is 0 Å². The Labute approximate surface area is 352 Å². The molecular weight excluding hydrogens is 691 g/mol. The highest BCUT2D eigenvalue weighted by atomic mass is 16.4. The van der Waals surface area contributed by atoms with E-state index in [0.29, 0.717) is 12.8 Å². The van der Waals surface area contributed by atoms with Gasteiger partial charge in [0.2, 0.25) is 0 Å². The molecule has 0 spiro atoms. The number of rotatable bonds is 45. The molecule has 0 aliphatic carbocycles. The van der Waals surface area contributed by atoms with E-state index in [2.05, 4.69) is 33.0 Å². The molecule has 0 aliphatic heterocycles. The van der Waals surface area contributed by atoms with E-state index >= 15 is 0 Å². The highest BCUT2D eigenvalue weighted by Gasteiger charge is 1.99. The van der Waals surface area contributed by atoms with Gasteiger partial charge in [-0.3, -0.25) is 9.59 Å². The van der Waals surface area contributed by atoms with Crippen molar-refractivity contribution in [3.8, 4) is 0 Å². The van der Waals surface area contributed by atoms with Gasteiger partial charge in [-0.15, -0.1) is 0 Å². The minimum absolute atomic E-state index is 0.345. The number of carboxylic acids is 2. The van der Waals surface area contributed by atoms with Gasteiger partial charge >= 0.3 is 11.9 Å². The summed E-state index contributed by atoms with van der Waals surface area (Å²) >= 11 is 0. The fourth-order valence-electron chi connectivity index (χ4n) is 7.30. The number of nitrogens with one attached hydrogen (secondary N) is 1. The quantitative estimate of drug-likeness (QED) is 0.0534. The summed E-state index contributed by atoms with van der Waals surface area (Å²) in [6.45, 7) is 11.6. The third-order valence-corrected chi connectivity index (χ3v) is 11.2. The first-order chi connectivity index (χ1) is 27.5. The Bertz CT molecular complexity index is 641. The minimum atomic E-state index is -0.654. The monoisotopic (exact) mass is 796 g/mol. The van der Waals surface area contributed by atoms with Crippen LogP contribution in [0.3, 0.4) is 0 Å². The van der Waals surface area contributed by atoms with Crippen molar-refractivity contribution in [1.29, 1.82) is 0 Å². The molecule has 0 saturated carbocycles. The Balaban J connectivity index is -0.000000753. The van der Waals surface area contributed by atoms with E-state index in [1.807, 2.05) is 0 Å². The molecule has 0 aromatic heterocycles. The lowest BCUT2D eigenvalue weighted by molar-refractivity contribution is -0.138. The van der Waals surface area contributed by atoms with Crippen LogP contribution in [0.25, 0.3) is 0 Å². The van der Waals surface area contributed by atoms with Crippen LogP contribution in [-0.2, 0) is 9.59 Å². The van der Waals surface area contributed by atoms with Gasteiger partial charge in [-0.1, -0.05) is 265 Å². The number of carbonyl (C=O) groups is 2. The van der Waals surface area contributed by atoms with Crippen LogP contribution in [0, 0.1) is 0 Å². The highest BCUT2D eigenvalue weighted by molar-refractivity contribution is 5.66. The van der Waals surface area contributed by atoms with Crippen molar-refractivity contribution in [3.05, 3.63) is 0 Å². The zero-order chi connectivity index (χ0) is 41.7. The average molecular weight is 796 g/mol. The summed E-state index contributed by atoms with van der Waals surface area (Å²) in [5.41, 5.74) is 0. The van der Waals surface area contributed by atoms with Crippen molar-refractivity contribution in [1.82, 2.24) is 5.32 Å². The van der Waals surface area contributed by atoms with Crippen LogP contribution >= 0.6 is 0 Å². The third kappa shape index (κ3) is 67.6. The summed E-state index contributed by atoms with van der Waals surface area (Å²) in [6.07, 6.45) is 55.9. The number of unbranched alkanes of at least 4 members (excludes halogenated alkanes) is 37. The van der Waals surface area contributed by atoms with Gasteiger partial charge in [-0.25, -0.2) is 0 Å². The molecular formula is C51H105NO4. The van der Waals surface area contributed by atoms with Crippen molar-refractivity contribution in [3.63, 3.8) is 0 Å². The molecule has 0 atom stereocenters. The van der Waals surface area contributed by atoms with Gasteiger partial charge in [0, 0.05) is 12.8 Å². The van der Waals surface area contributed by atoms with Gasteiger partial charge < -0.3 is 15.5 Å². The number of hydrogen-bond donors (Lipinski definition) is 3. The molecule has 0 radical (unpaired) electrons. The van der Waals surface area contributed by atoms with E-state index in [-0.39, 0.29) is 0 Å². The molecule has 56 heavy (non-hydrogen) atoms. The average Bonchev–Trinajstić information content (AvgIpc) is 3.18. The Kier molecular flexibility index (Phi) is 61.6. The standard InChI is InChI=1S/C17H37N.2C17H34O2/c1-3-5-7-9-10-11-13-15-17-18-16-14-12-8-6-4-2;2*1-2-3-4-5-6-7-8-9-10-11-12-13-14-15-16-17(18)19/h18H,3-17H2,1-2H3;2*2-16H2,1H3,(H,18,19). The van der Waals surface area contributed by atoms with Gasteiger partial charge in [-0.05, 0) is 38.8 Å². The lowest BCUT2D eigenvalue weighted by Crippen LogP contribution is -2.16. The third-order valence-electron chi connectivity index (χ3n) is 11.2. The molecule has 0 bridgehead atoms. The van der Waals surface area contributed by atoms with Crippen LogP contribution < -0.4 is 5.32 Å². The fourth-order valence-corrected chi connectivity index (χ4v) is 7.30. The zero-order valence-corrected chi connectivity index (χ0v) is 39.0. The Morgan fingerprint density at radius 1 is 0.268 bits per heavy atom. The first-order valence-corrected chi connectivity index (χ1v) is 25.6. The van der Waals surface area contributed by atoms with E-state index in [0.717, 1.165) is 25.7 Å². The van der Waals surface area contributed by atoms with Crippen LogP contribution in [0.15, 0.2) is 0 Å². The molecule has 0 aromatic rings. The van der Waals surface area contributed by atoms with Gasteiger partial charge in [0.15, 0.2) is 0 Å². The Hall–Kier alpha value is -1.10. The van der Waals surface area contributed by atoms with E-state index in [9.17, 15) is 9.59 Å². The predicted octanol–water partition coefficient (Wildman–Crippen LogP) is 17.6. The number of aliphatic carboxylic acids is 2. The van der Waals surface area contributed by atoms with Crippen molar-refractivity contribution < 1.29 is 19.8 Å². The molecule has 338 valence electrons. The summed E-state index contributed by atoms with van der Waals surface area (Å²) in [5.74, 6) is -1.31. The van der Waals surface area contributed by atoms with Crippen LogP contribution in [0.4, 0.5) is 0 Å². The second-order valence-corrected chi connectivity index (χ2v) is 17.1. The number of carboxylic acid groups (broad SMARTS) is 2. The van der Waals surface area contributed by atoms with Crippen LogP contribution in [0.5, 0.6) is 0 Å². The molecule has 0 aromatic carbocycles.